The molecule has 4 atom stereocenters. The summed E-state index contributed by atoms with van der Waals surface area (Å²) >= 11 is 0. The third-order valence-electron chi connectivity index (χ3n) is 4.29. The lowest BCUT2D eigenvalue weighted by molar-refractivity contribution is -0.154. The molecule has 0 radical (unpaired) electrons. The van der Waals surface area contributed by atoms with Crippen molar-refractivity contribution in [1.82, 2.24) is 10.2 Å². The van der Waals surface area contributed by atoms with Crippen molar-refractivity contribution in [2.75, 3.05) is 13.1 Å². The minimum Gasteiger partial charge on any atom is -0.481 e. The van der Waals surface area contributed by atoms with Gasteiger partial charge in [-0.3, -0.25) is 24.5 Å². The van der Waals surface area contributed by atoms with Crippen LogP contribution in [0, 0.1) is 23.7 Å². The molecular formula is C13H14N2O5. The number of hydrogen-bond donors (Lipinski definition) is 2. The number of carboxylic acid groups (broad SMARTS) is 1. The number of fused-ring (bicyclic) bond motifs is 2. The van der Waals surface area contributed by atoms with Crippen molar-refractivity contribution >= 4 is 23.7 Å². The Morgan fingerprint density at radius 1 is 1.10 bits per heavy atom. The molecule has 20 heavy (non-hydrogen) atoms. The number of piperazine rings is 1. The van der Waals surface area contributed by atoms with Gasteiger partial charge in [0.2, 0.25) is 17.7 Å². The Morgan fingerprint density at radius 2 is 1.65 bits per heavy atom. The number of carboxylic acids is 1. The van der Waals surface area contributed by atoms with Crippen molar-refractivity contribution in [2.24, 2.45) is 23.7 Å². The molecule has 2 fully saturated rings. The molecule has 4 unspecified atom stereocenters. The minimum absolute atomic E-state index is 0.103. The van der Waals surface area contributed by atoms with Crippen molar-refractivity contribution in [3.05, 3.63) is 12.2 Å². The molecule has 3 amide bonds. The molecule has 1 saturated heterocycles. The number of imide groups is 1. The Balaban J connectivity index is 1.83. The smallest absolute Gasteiger partial charge is 0.307 e. The number of allylic oxidation sites excluding steroid dienone is 2. The molecule has 0 spiro atoms. The molecular weight excluding hydrogens is 264 g/mol. The summed E-state index contributed by atoms with van der Waals surface area (Å²) in [5.74, 6) is -4.10. The van der Waals surface area contributed by atoms with Gasteiger partial charge in [0.25, 0.3) is 0 Å². The lowest BCUT2D eigenvalue weighted by Gasteiger charge is -2.32. The number of nitrogens with zero attached hydrogens (tertiary/aromatic N) is 1. The molecule has 1 aliphatic heterocycles. The van der Waals surface area contributed by atoms with Crippen molar-refractivity contribution in [2.45, 2.75) is 6.42 Å². The van der Waals surface area contributed by atoms with Gasteiger partial charge in [0.15, 0.2) is 0 Å². The number of carbonyl (C=O) groups is 4. The van der Waals surface area contributed by atoms with Crippen LogP contribution in [0.4, 0.5) is 0 Å². The number of nitrogens with one attached hydrogen (secondary N) is 1. The van der Waals surface area contributed by atoms with E-state index in [4.69, 9.17) is 0 Å². The molecule has 0 aromatic rings. The van der Waals surface area contributed by atoms with Crippen LogP contribution in [-0.4, -0.2) is 46.8 Å². The summed E-state index contributed by atoms with van der Waals surface area (Å²) in [5, 5.41) is 11.4. The average Bonchev–Trinajstić information content (AvgIpc) is 2.96. The van der Waals surface area contributed by atoms with Crippen LogP contribution in [0.15, 0.2) is 12.2 Å². The predicted octanol–water partition coefficient (Wildman–Crippen LogP) is -1.01. The first-order chi connectivity index (χ1) is 9.47. The highest BCUT2D eigenvalue weighted by Gasteiger charge is 2.53. The van der Waals surface area contributed by atoms with Crippen molar-refractivity contribution in [1.29, 1.82) is 0 Å². The van der Waals surface area contributed by atoms with Crippen LogP contribution >= 0.6 is 0 Å². The largest absolute Gasteiger partial charge is 0.481 e. The maximum Gasteiger partial charge on any atom is 0.307 e. The SMILES string of the molecule is O=C1CN(C(=O)C2C3C=CC(C3)C2C(=O)O)CC(=O)N1. The zero-order chi connectivity index (χ0) is 14.4. The van der Waals surface area contributed by atoms with E-state index in [-0.39, 0.29) is 24.9 Å². The molecule has 7 nitrogen and oxygen atoms in total. The Labute approximate surface area is 114 Å². The normalized spacial score (nSPS) is 35.3. The van der Waals surface area contributed by atoms with Crippen molar-refractivity contribution in [3.63, 3.8) is 0 Å². The second-order valence-electron chi connectivity index (χ2n) is 5.50. The van der Waals surface area contributed by atoms with Gasteiger partial charge < -0.3 is 10.0 Å². The van der Waals surface area contributed by atoms with Gasteiger partial charge in [0, 0.05) is 0 Å². The van der Waals surface area contributed by atoms with Crippen LogP contribution in [0.5, 0.6) is 0 Å². The van der Waals surface area contributed by atoms with Crippen molar-refractivity contribution < 1.29 is 24.3 Å². The Morgan fingerprint density at radius 3 is 2.20 bits per heavy atom. The number of hydrogen-bond acceptors (Lipinski definition) is 4. The first-order valence-corrected chi connectivity index (χ1v) is 6.50. The van der Waals surface area contributed by atoms with Gasteiger partial charge in [-0.05, 0) is 18.3 Å². The minimum atomic E-state index is -0.993. The quantitative estimate of drug-likeness (QED) is 0.498. The number of amides is 3. The predicted molar refractivity (Wildman–Crippen MR) is 65.1 cm³/mol. The van der Waals surface area contributed by atoms with Gasteiger partial charge in [-0.2, -0.15) is 0 Å². The molecule has 2 aliphatic carbocycles. The fourth-order valence-electron chi connectivity index (χ4n) is 3.50. The Bertz CT molecular complexity index is 525. The van der Waals surface area contributed by atoms with E-state index < -0.39 is 35.5 Å². The fourth-order valence-corrected chi connectivity index (χ4v) is 3.50. The van der Waals surface area contributed by atoms with Gasteiger partial charge in [-0.25, -0.2) is 0 Å². The monoisotopic (exact) mass is 278 g/mol. The summed E-state index contributed by atoms with van der Waals surface area (Å²) in [6.07, 6.45) is 4.38. The lowest BCUT2D eigenvalue weighted by atomic mass is 9.82. The number of carbonyl (C=O) groups excluding carboxylic acids is 3. The Kier molecular flexibility index (Phi) is 2.84. The van der Waals surface area contributed by atoms with Gasteiger partial charge in [-0.1, -0.05) is 12.2 Å². The van der Waals surface area contributed by atoms with Crippen molar-refractivity contribution in [3.8, 4) is 0 Å². The Hall–Kier alpha value is -2.18. The zero-order valence-corrected chi connectivity index (χ0v) is 10.6. The van der Waals surface area contributed by atoms with Gasteiger partial charge in [0.05, 0.1) is 11.8 Å². The second-order valence-corrected chi connectivity index (χ2v) is 5.50. The van der Waals surface area contributed by atoms with E-state index in [0.29, 0.717) is 6.42 Å². The topological polar surface area (TPSA) is 104 Å². The molecule has 2 N–H and O–H groups in total. The number of rotatable bonds is 2. The third-order valence-corrected chi connectivity index (χ3v) is 4.29. The first kappa shape index (κ1) is 12.8. The highest BCUT2D eigenvalue weighted by atomic mass is 16.4. The molecule has 0 aromatic heterocycles. The fraction of sp³-hybridized carbons (Fsp3) is 0.538. The summed E-state index contributed by atoms with van der Waals surface area (Å²) in [6.45, 7) is -0.372. The molecule has 106 valence electrons. The molecule has 2 bridgehead atoms. The van der Waals surface area contributed by atoms with E-state index in [1.165, 1.54) is 0 Å². The number of aliphatic carboxylic acids is 1. The van der Waals surface area contributed by atoms with E-state index in [2.05, 4.69) is 5.32 Å². The van der Waals surface area contributed by atoms with Crippen LogP contribution in [0.1, 0.15) is 6.42 Å². The van der Waals surface area contributed by atoms with E-state index in [9.17, 15) is 24.3 Å². The zero-order valence-electron chi connectivity index (χ0n) is 10.6. The highest BCUT2D eigenvalue weighted by molar-refractivity contribution is 6.03. The van der Waals surface area contributed by atoms with Crippen LogP contribution in [0.25, 0.3) is 0 Å². The second kappa shape index (κ2) is 4.43. The van der Waals surface area contributed by atoms with Gasteiger partial charge >= 0.3 is 5.97 Å². The van der Waals surface area contributed by atoms with E-state index in [0.717, 1.165) is 4.90 Å². The molecule has 7 heteroatoms. The maximum absolute atomic E-state index is 12.5. The molecule has 3 aliphatic rings. The summed E-state index contributed by atoms with van der Waals surface area (Å²) in [6, 6.07) is 0. The van der Waals surface area contributed by atoms with Crippen LogP contribution in [-0.2, 0) is 19.2 Å². The van der Waals surface area contributed by atoms with E-state index in [1.807, 2.05) is 12.2 Å². The van der Waals surface area contributed by atoms with Gasteiger partial charge in [0.1, 0.15) is 13.1 Å². The van der Waals surface area contributed by atoms with E-state index >= 15 is 0 Å². The lowest BCUT2D eigenvalue weighted by Crippen LogP contribution is -2.55. The summed E-state index contributed by atoms with van der Waals surface area (Å²) in [5.41, 5.74) is 0. The summed E-state index contributed by atoms with van der Waals surface area (Å²) in [7, 11) is 0. The summed E-state index contributed by atoms with van der Waals surface area (Å²) in [4.78, 5) is 47.7. The summed E-state index contributed by atoms with van der Waals surface area (Å²) < 4.78 is 0. The van der Waals surface area contributed by atoms with E-state index in [1.54, 1.807) is 0 Å². The average molecular weight is 278 g/mol. The molecule has 3 rings (SSSR count). The standard InChI is InChI=1S/C13H14N2O5/c16-8-4-15(5-9(17)14-8)12(18)10-6-1-2-7(3-6)11(10)13(19)20/h1-2,6-7,10-11H,3-5H2,(H,19,20)(H,14,16,17). The van der Waals surface area contributed by atoms with Crippen LogP contribution < -0.4 is 5.32 Å². The molecule has 1 saturated carbocycles. The molecule has 0 aromatic carbocycles. The van der Waals surface area contributed by atoms with Crippen LogP contribution in [0.2, 0.25) is 0 Å². The maximum atomic E-state index is 12.5. The third kappa shape index (κ3) is 1.90. The van der Waals surface area contributed by atoms with Crippen LogP contribution in [0.3, 0.4) is 0 Å². The highest BCUT2D eigenvalue weighted by Crippen LogP contribution is 2.48. The first-order valence-electron chi connectivity index (χ1n) is 6.50. The van der Waals surface area contributed by atoms with Gasteiger partial charge in [-0.15, -0.1) is 0 Å². The molecule has 1 heterocycles.